The molecular formula is C30H29N3O. The second-order valence-electron chi connectivity index (χ2n) is 8.82. The van der Waals surface area contributed by atoms with Crippen LogP contribution < -0.4 is 0 Å². The second kappa shape index (κ2) is 10.3. The Bertz CT molecular complexity index is 1320. The van der Waals surface area contributed by atoms with E-state index in [0.717, 1.165) is 46.7 Å². The van der Waals surface area contributed by atoms with Crippen LogP contribution in [0.2, 0.25) is 0 Å². The predicted molar refractivity (Wildman–Crippen MR) is 138 cm³/mol. The second-order valence-corrected chi connectivity index (χ2v) is 8.82. The zero-order valence-corrected chi connectivity index (χ0v) is 20.0. The summed E-state index contributed by atoms with van der Waals surface area (Å²) in [5.74, 6) is 0.181. The summed E-state index contributed by atoms with van der Waals surface area (Å²) >= 11 is 0. The van der Waals surface area contributed by atoms with E-state index in [2.05, 4.69) is 46.7 Å². The average molecular weight is 448 g/mol. The maximum absolute atomic E-state index is 12.6. The molecule has 0 fully saturated rings. The average Bonchev–Trinajstić information content (AvgIpc) is 3.29. The third-order valence-electron chi connectivity index (χ3n) is 6.06. The van der Waals surface area contributed by atoms with Gasteiger partial charge in [0.05, 0.1) is 23.0 Å². The summed E-state index contributed by atoms with van der Waals surface area (Å²) in [4.78, 5) is 14.7. The third kappa shape index (κ3) is 5.01. The summed E-state index contributed by atoms with van der Waals surface area (Å²) in [7, 11) is 4.05. The Morgan fingerprint density at radius 2 is 1.44 bits per heavy atom. The first-order valence-corrected chi connectivity index (χ1v) is 11.5. The van der Waals surface area contributed by atoms with E-state index >= 15 is 0 Å². The van der Waals surface area contributed by atoms with Crippen LogP contribution in [0.5, 0.6) is 0 Å². The maximum Gasteiger partial charge on any atom is 0.162 e. The quantitative estimate of drug-likeness (QED) is 0.289. The van der Waals surface area contributed by atoms with Gasteiger partial charge in [0.2, 0.25) is 0 Å². The van der Waals surface area contributed by atoms with Gasteiger partial charge in [-0.05, 0) is 81.0 Å². The molecule has 34 heavy (non-hydrogen) atoms. The van der Waals surface area contributed by atoms with E-state index in [0.29, 0.717) is 12.0 Å². The summed E-state index contributed by atoms with van der Waals surface area (Å²) in [6.45, 7) is 3.02. The van der Waals surface area contributed by atoms with Gasteiger partial charge in [-0.25, -0.2) is 0 Å². The van der Waals surface area contributed by atoms with Gasteiger partial charge in [-0.3, -0.25) is 4.79 Å². The van der Waals surface area contributed by atoms with Crippen molar-refractivity contribution < 1.29 is 4.79 Å². The lowest BCUT2D eigenvalue weighted by molar-refractivity contribution is 0.0977. The van der Waals surface area contributed by atoms with Crippen LogP contribution in [0.15, 0.2) is 84.9 Å². The Labute approximate surface area is 201 Å². The number of carbonyl (C=O) groups excluding carboxylic acids is 1. The van der Waals surface area contributed by atoms with Crippen LogP contribution in [-0.4, -0.2) is 35.9 Å². The molecule has 4 heteroatoms. The van der Waals surface area contributed by atoms with Gasteiger partial charge in [0.25, 0.3) is 0 Å². The summed E-state index contributed by atoms with van der Waals surface area (Å²) in [5, 5.41) is 9.17. The van der Waals surface area contributed by atoms with Crippen LogP contribution in [-0.2, 0) is 0 Å². The Hall–Kier alpha value is -3.94. The monoisotopic (exact) mass is 447 g/mol. The van der Waals surface area contributed by atoms with Crippen LogP contribution in [0, 0.1) is 18.3 Å². The largest absolute Gasteiger partial charge is 0.309 e. The Kier molecular flexibility index (Phi) is 7.06. The van der Waals surface area contributed by atoms with Crippen molar-refractivity contribution in [1.29, 1.82) is 5.26 Å². The van der Waals surface area contributed by atoms with Gasteiger partial charge in [0.15, 0.2) is 5.78 Å². The van der Waals surface area contributed by atoms with Crippen molar-refractivity contribution in [2.45, 2.75) is 19.8 Å². The van der Waals surface area contributed by atoms with Crippen LogP contribution in [0.25, 0.3) is 28.2 Å². The first-order valence-electron chi connectivity index (χ1n) is 11.5. The fourth-order valence-electron chi connectivity index (χ4n) is 4.20. The molecule has 1 aromatic heterocycles. The number of hydrogen-bond donors (Lipinski definition) is 0. The lowest BCUT2D eigenvalue weighted by Crippen LogP contribution is -2.14. The van der Waals surface area contributed by atoms with Gasteiger partial charge in [0.1, 0.15) is 0 Å². The summed E-state index contributed by atoms with van der Waals surface area (Å²) < 4.78 is 2.25. The van der Waals surface area contributed by atoms with Crippen molar-refractivity contribution in [3.05, 3.63) is 102 Å². The van der Waals surface area contributed by atoms with E-state index < -0.39 is 0 Å². The van der Waals surface area contributed by atoms with Crippen molar-refractivity contribution in [2.24, 2.45) is 0 Å². The Balaban J connectivity index is 1.72. The number of ketones is 1. The van der Waals surface area contributed by atoms with Gasteiger partial charge >= 0.3 is 0 Å². The minimum atomic E-state index is 0.181. The molecular weight excluding hydrogens is 418 g/mol. The standard InChI is InChI=1S/C30H29N3O/c1-22-7-4-5-8-27(22)33-28(24-12-10-23(21-31)11-13-24)18-19-29(33)25-14-16-26(17-15-25)30(34)9-6-20-32(2)3/h4-5,7-8,10-19H,6,9,20H2,1-3H3. The van der Waals surface area contributed by atoms with E-state index in [1.54, 1.807) is 0 Å². The number of nitrogens with zero attached hydrogens (tertiary/aromatic N) is 3. The van der Waals surface area contributed by atoms with E-state index in [4.69, 9.17) is 0 Å². The van der Waals surface area contributed by atoms with Crippen LogP contribution >= 0.6 is 0 Å². The van der Waals surface area contributed by atoms with Crippen molar-refractivity contribution >= 4 is 5.78 Å². The molecule has 0 radical (unpaired) electrons. The molecule has 0 atom stereocenters. The van der Waals surface area contributed by atoms with E-state index in [1.165, 1.54) is 5.56 Å². The fourth-order valence-corrected chi connectivity index (χ4v) is 4.20. The molecule has 4 nitrogen and oxygen atoms in total. The zero-order valence-electron chi connectivity index (χ0n) is 20.0. The molecule has 0 aliphatic carbocycles. The SMILES string of the molecule is Cc1ccccc1-n1c(-c2ccc(C#N)cc2)ccc1-c1ccc(C(=O)CCCN(C)C)cc1. The zero-order chi connectivity index (χ0) is 24.1. The molecule has 0 N–H and O–H groups in total. The first kappa shape index (κ1) is 23.2. The maximum atomic E-state index is 12.6. The normalized spacial score (nSPS) is 10.9. The number of carbonyl (C=O) groups is 1. The molecule has 170 valence electrons. The molecule has 1 heterocycles. The number of aromatic nitrogens is 1. The van der Waals surface area contributed by atoms with Crippen molar-refractivity contribution in [1.82, 2.24) is 9.47 Å². The van der Waals surface area contributed by atoms with Crippen molar-refractivity contribution in [3.63, 3.8) is 0 Å². The van der Waals surface area contributed by atoms with E-state index in [1.807, 2.05) is 74.8 Å². The summed E-state index contributed by atoms with van der Waals surface area (Å²) in [6, 6.07) is 30.3. The number of nitriles is 1. The highest BCUT2D eigenvalue weighted by Crippen LogP contribution is 2.34. The number of hydrogen-bond acceptors (Lipinski definition) is 3. The Morgan fingerprint density at radius 3 is 2.00 bits per heavy atom. The van der Waals surface area contributed by atoms with E-state index in [-0.39, 0.29) is 5.78 Å². The Morgan fingerprint density at radius 1 is 0.853 bits per heavy atom. The number of benzene rings is 3. The van der Waals surface area contributed by atoms with E-state index in [9.17, 15) is 10.1 Å². The summed E-state index contributed by atoms with van der Waals surface area (Å²) in [6.07, 6.45) is 1.41. The van der Waals surface area contributed by atoms with Crippen LogP contribution in [0.3, 0.4) is 0 Å². The third-order valence-corrected chi connectivity index (χ3v) is 6.06. The smallest absolute Gasteiger partial charge is 0.162 e. The molecule has 0 aliphatic heterocycles. The molecule has 0 spiro atoms. The molecule has 0 amide bonds. The van der Waals surface area contributed by atoms with Gasteiger partial charge in [-0.1, -0.05) is 54.6 Å². The van der Waals surface area contributed by atoms with Gasteiger partial charge in [-0.2, -0.15) is 5.26 Å². The topological polar surface area (TPSA) is 49.0 Å². The molecule has 0 saturated heterocycles. The molecule has 0 saturated carbocycles. The molecule has 4 rings (SSSR count). The van der Waals surface area contributed by atoms with Crippen LogP contribution in [0.1, 0.15) is 34.3 Å². The minimum Gasteiger partial charge on any atom is -0.309 e. The van der Waals surface area contributed by atoms with Gasteiger partial charge in [-0.15, -0.1) is 0 Å². The number of rotatable bonds is 8. The molecule has 0 bridgehead atoms. The molecule has 0 unspecified atom stereocenters. The summed E-state index contributed by atoms with van der Waals surface area (Å²) in [5.41, 5.74) is 7.87. The lowest BCUT2D eigenvalue weighted by atomic mass is 10.0. The highest BCUT2D eigenvalue weighted by Gasteiger charge is 2.16. The minimum absolute atomic E-state index is 0.181. The molecule has 3 aromatic carbocycles. The first-order chi connectivity index (χ1) is 16.5. The molecule has 0 aliphatic rings. The lowest BCUT2D eigenvalue weighted by Gasteiger charge is -2.17. The number of para-hydroxylation sites is 1. The fraction of sp³-hybridized carbons (Fsp3) is 0.200. The highest BCUT2D eigenvalue weighted by molar-refractivity contribution is 5.96. The highest BCUT2D eigenvalue weighted by atomic mass is 16.1. The van der Waals surface area contributed by atoms with Crippen molar-refractivity contribution in [3.8, 4) is 34.3 Å². The number of Topliss-reactive ketones (excluding diaryl/α,β-unsaturated/α-hetero) is 1. The van der Waals surface area contributed by atoms with Gasteiger partial charge in [0, 0.05) is 17.7 Å². The van der Waals surface area contributed by atoms with Gasteiger partial charge < -0.3 is 9.47 Å². The number of aryl methyl sites for hydroxylation is 1. The molecule has 4 aromatic rings. The van der Waals surface area contributed by atoms with Crippen molar-refractivity contribution in [2.75, 3.05) is 20.6 Å². The predicted octanol–water partition coefficient (Wildman–Crippen LogP) is 6.52. The van der Waals surface area contributed by atoms with Crippen LogP contribution in [0.4, 0.5) is 0 Å².